The summed E-state index contributed by atoms with van der Waals surface area (Å²) in [5.74, 6) is -0.107. The van der Waals surface area contributed by atoms with E-state index in [-0.39, 0.29) is 5.91 Å². The van der Waals surface area contributed by atoms with Crippen molar-refractivity contribution in [2.45, 2.75) is 25.8 Å². The Labute approximate surface area is 116 Å². The van der Waals surface area contributed by atoms with Gasteiger partial charge in [-0.05, 0) is 44.0 Å². The first-order valence-corrected chi connectivity index (χ1v) is 6.64. The van der Waals surface area contributed by atoms with Gasteiger partial charge < -0.3 is 9.88 Å². The molecule has 0 radical (unpaired) electrons. The molecule has 2 heterocycles. The number of rotatable bonds is 3. The lowest BCUT2D eigenvalue weighted by Gasteiger charge is -2.10. The summed E-state index contributed by atoms with van der Waals surface area (Å²) in [4.78, 5) is 16.4. The SMILES string of the molecule is Cc1nc(Cl)ccc1NC(=O)c1cccn1C1CC1. The van der Waals surface area contributed by atoms with E-state index in [0.717, 1.165) is 12.8 Å². The summed E-state index contributed by atoms with van der Waals surface area (Å²) < 4.78 is 2.04. The topological polar surface area (TPSA) is 46.9 Å². The number of anilines is 1. The van der Waals surface area contributed by atoms with Gasteiger partial charge >= 0.3 is 0 Å². The zero-order valence-electron chi connectivity index (χ0n) is 10.6. The van der Waals surface area contributed by atoms with Crippen LogP contribution in [0.5, 0.6) is 0 Å². The summed E-state index contributed by atoms with van der Waals surface area (Å²) in [7, 11) is 0. The predicted octanol–water partition coefficient (Wildman–Crippen LogP) is 3.43. The van der Waals surface area contributed by atoms with E-state index < -0.39 is 0 Å². The van der Waals surface area contributed by atoms with Crippen LogP contribution in [0.3, 0.4) is 0 Å². The predicted molar refractivity (Wildman–Crippen MR) is 74.6 cm³/mol. The maximum Gasteiger partial charge on any atom is 0.272 e. The van der Waals surface area contributed by atoms with Crippen molar-refractivity contribution in [1.82, 2.24) is 9.55 Å². The molecule has 1 N–H and O–H groups in total. The highest BCUT2D eigenvalue weighted by atomic mass is 35.5. The summed E-state index contributed by atoms with van der Waals surface area (Å²) >= 11 is 5.80. The molecule has 3 rings (SSSR count). The molecular formula is C14H14ClN3O. The standard InChI is InChI=1S/C14H14ClN3O/c1-9-11(6-7-13(15)16-9)17-14(19)12-3-2-8-18(12)10-4-5-10/h2-3,6-8,10H,4-5H2,1H3,(H,17,19). The first kappa shape index (κ1) is 12.2. The number of halogens is 1. The van der Waals surface area contributed by atoms with Crippen LogP contribution in [0.1, 0.15) is 35.1 Å². The lowest BCUT2D eigenvalue weighted by Crippen LogP contribution is -2.17. The molecule has 5 heteroatoms. The van der Waals surface area contributed by atoms with Crippen molar-refractivity contribution in [2.75, 3.05) is 5.32 Å². The Morgan fingerprint density at radius 1 is 1.42 bits per heavy atom. The third-order valence-corrected chi connectivity index (χ3v) is 3.46. The van der Waals surface area contributed by atoms with E-state index in [9.17, 15) is 4.79 Å². The molecule has 1 amide bonds. The zero-order chi connectivity index (χ0) is 13.4. The van der Waals surface area contributed by atoms with Gasteiger partial charge in [0, 0.05) is 12.2 Å². The first-order chi connectivity index (χ1) is 9.15. The summed E-state index contributed by atoms with van der Waals surface area (Å²) in [5, 5.41) is 3.31. The molecule has 0 aliphatic heterocycles. The number of hydrogen-bond donors (Lipinski definition) is 1. The number of amides is 1. The second kappa shape index (κ2) is 4.70. The van der Waals surface area contributed by atoms with Crippen LogP contribution in [0.4, 0.5) is 5.69 Å². The number of carbonyl (C=O) groups excluding carboxylic acids is 1. The number of nitrogens with zero attached hydrogens (tertiary/aromatic N) is 2. The number of aromatic nitrogens is 2. The van der Waals surface area contributed by atoms with Crippen LogP contribution in [0.15, 0.2) is 30.5 Å². The molecule has 0 saturated heterocycles. The minimum absolute atomic E-state index is 0.107. The quantitative estimate of drug-likeness (QED) is 0.873. The van der Waals surface area contributed by atoms with Gasteiger partial charge in [-0.3, -0.25) is 4.79 Å². The van der Waals surface area contributed by atoms with Crippen LogP contribution in [-0.4, -0.2) is 15.5 Å². The second-order valence-electron chi connectivity index (χ2n) is 4.75. The van der Waals surface area contributed by atoms with E-state index in [1.165, 1.54) is 0 Å². The lowest BCUT2D eigenvalue weighted by molar-refractivity contribution is 0.101. The molecule has 0 atom stereocenters. The van der Waals surface area contributed by atoms with Gasteiger partial charge in [-0.1, -0.05) is 11.6 Å². The van der Waals surface area contributed by atoms with Crippen molar-refractivity contribution < 1.29 is 4.79 Å². The Morgan fingerprint density at radius 3 is 2.89 bits per heavy atom. The van der Waals surface area contributed by atoms with Crippen LogP contribution in [-0.2, 0) is 0 Å². The largest absolute Gasteiger partial charge is 0.340 e. The van der Waals surface area contributed by atoms with Gasteiger partial charge in [0.25, 0.3) is 5.91 Å². The van der Waals surface area contributed by atoms with Crippen LogP contribution >= 0.6 is 11.6 Å². The fourth-order valence-corrected chi connectivity index (χ4v) is 2.30. The van der Waals surface area contributed by atoms with Gasteiger partial charge in [-0.2, -0.15) is 0 Å². The summed E-state index contributed by atoms with van der Waals surface area (Å²) in [5.41, 5.74) is 2.10. The van der Waals surface area contributed by atoms with Crippen LogP contribution < -0.4 is 5.32 Å². The average Bonchev–Trinajstić information content (AvgIpc) is 3.10. The smallest absolute Gasteiger partial charge is 0.272 e. The number of pyridine rings is 1. The Kier molecular flexibility index (Phi) is 3.03. The number of hydrogen-bond acceptors (Lipinski definition) is 2. The van der Waals surface area contributed by atoms with E-state index >= 15 is 0 Å². The first-order valence-electron chi connectivity index (χ1n) is 6.26. The van der Waals surface area contributed by atoms with Gasteiger partial charge in [-0.25, -0.2) is 4.98 Å². The zero-order valence-corrected chi connectivity index (χ0v) is 11.3. The van der Waals surface area contributed by atoms with Crippen LogP contribution in [0.25, 0.3) is 0 Å². The number of nitrogens with one attached hydrogen (secondary N) is 1. The third-order valence-electron chi connectivity index (χ3n) is 3.25. The number of carbonyl (C=O) groups is 1. The average molecular weight is 276 g/mol. The molecule has 4 nitrogen and oxygen atoms in total. The van der Waals surface area contributed by atoms with E-state index in [0.29, 0.717) is 28.3 Å². The second-order valence-corrected chi connectivity index (χ2v) is 5.14. The van der Waals surface area contributed by atoms with Crippen molar-refractivity contribution in [3.63, 3.8) is 0 Å². The maximum absolute atomic E-state index is 12.3. The third kappa shape index (κ3) is 2.49. The van der Waals surface area contributed by atoms with Crippen molar-refractivity contribution in [3.05, 3.63) is 47.0 Å². The maximum atomic E-state index is 12.3. The highest BCUT2D eigenvalue weighted by Crippen LogP contribution is 2.36. The van der Waals surface area contributed by atoms with Gasteiger partial charge in [0.15, 0.2) is 0 Å². The lowest BCUT2D eigenvalue weighted by atomic mass is 10.3. The highest BCUT2D eigenvalue weighted by molar-refractivity contribution is 6.29. The normalized spacial score (nSPS) is 14.4. The molecule has 1 aliphatic rings. The fraction of sp³-hybridized carbons (Fsp3) is 0.286. The Balaban J connectivity index is 1.82. The van der Waals surface area contributed by atoms with Crippen molar-refractivity contribution in [2.24, 2.45) is 0 Å². The highest BCUT2D eigenvalue weighted by Gasteiger charge is 2.26. The van der Waals surface area contributed by atoms with Gasteiger partial charge in [-0.15, -0.1) is 0 Å². The van der Waals surface area contributed by atoms with Gasteiger partial charge in [0.05, 0.1) is 11.4 Å². The molecule has 1 aliphatic carbocycles. The van der Waals surface area contributed by atoms with Crippen LogP contribution in [0.2, 0.25) is 5.15 Å². The van der Waals surface area contributed by atoms with Crippen molar-refractivity contribution >= 4 is 23.2 Å². The Hall–Kier alpha value is -1.81. The molecule has 2 aromatic rings. The molecular weight excluding hydrogens is 262 g/mol. The van der Waals surface area contributed by atoms with E-state index in [1.54, 1.807) is 12.1 Å². The van der Waals surface area contributed by atoms with Crippen LogP contribution in [0, 0.1) is 6.92 Å². The van der Waals surface area contributed by atoms with E-state index in [1.807, 2.05) is 29.8 Å². The fourth-order valence-electron chi connectivity index (χ4n) is 2.11. The van der Waals surface area contributed by atoms with Crippen molar-refractivity contribution in [1.29, 1.82) is 0 Å². The molecule has 1 saturated carbocycles. The summed E-state index contributed by atoms with van der Waals surface area (Å²) in [6.45, 7) is 1.82. The van der Waals surface area contributed by atoms with Gasteiger partial charge in [0.1, 0.15) is 10.8 Å². The molecule has 0 spiro atoms. The monoisotopic (exact) mass is 275 g/mol. The van der Waals surface area contributed by atoms with Crippen molar-refractivity contribution in [3.8, 4) is 0 Å². The molecule has 19 heavy (non-hydrogen) atoms. The molecule has 0 bridgehead atoms. The molecule has 2 aromatic heterocycles. The van der Waals surface area contributed by atoms with E-state index in [2.05, 4.69) is 10.3 Å². The molecule has 0 unspecified atom stereocenters. The summed E-state index contributed by atoms with van der Waals surface area (Å²) in [6, 6.07) is 7.67. The summed E-state index contributed by atoms with van der Waals surface area (Å²) in [6.07, 6.45) is 4.26. The molecule has 0 aromatic carbocycles. The Morgan fingerprint density at radius 2 is 2.21 bits per heavy atom. The van der Waals surface area contributed by atoms with E-state index in [4.69, 9.17) is 11.6 Å². The Bertz CT molecular complexity index is 631. The minimum atomic E-state index is -0.107. The van der Waals surface area contributed by atoms with Gasteiger partial charge in [0.2, 0.25) is 0 Å². The minimum Gasteiger partial charge on any atom is -0.340 e. The molecule has 98 valence electrons. The molecule has 1 fully saturated rings. The number of aryl methyl sites for hydroxylation is 1.